The average Bonchev–Trinajstić information content (AvgIpc) is 2.45. The summed E-state index contributed by atoms with van der Waals surface area (Å²) in [5, 5.41) is 13.1. The van der Waals surface area contributed by atoms with E-state index >= 15 is 0 Å². The van der Waals surface area contributed by atoms with E-state index in [2.05, 4.69) is 5.32 Å². The number of rotatable bonds is 6. The average molecular weight is 292 g/mol. The van der Waals surface area contributed by atoms with Crippen molar-refractivity contribution >= 4 is 11.6 Å². The SMILES string of the molecule is CCOc1ccccc1CNCc1ccc(O)c(Cl)c1. The van der Waals surface area contributed by atoms with Crippen molar-refractivity contribution in [3.63, 3.8) is 0 Å². The number of hydrogen-bond acceptors (Lipinski definition) is 3. The lowest BCUT2D eigenvalue weighted by atomic mass is 10.2. The van der Waals surface area contributed by atoms with Crippen molar-refractivity contribution in [3.8, 4) is 11.5 Å². The highest BCUT2D eigenvalue weighted by atomic mass is 35.5. The second kappa shape index (κ2) is 7.17. The van der Waals surface area contributed by atoms with Gasteiger partial charge in [-0.3, -0.25) is 0 Å². The van der Waals surface area contributed by atoms with E-state index in [9.17, 15) is 5.11 Å². The number of hydrogen-bond donors (Lipinski definition) is 2. The van der Waals surface area contributed by atoms with E-state index in [-0.39, 0.29) is 5.75 Å². The molecule has 106 valence electrons. The molecule has 0 atom stereocenters. The van der Waals surface area contributed by atoms with Gasteiger partial charge in [0.2, 0.25) is 0 Å². The first kappa shape index (κ1) is 14.7. The van der Waals surface area contributed by atoms with Crippen molar-refractivity contribution in [1.82, 2.24) is 5.32 Å². The summed E-state index contributed by atoms with van der Waals surface area (Å²) in [4.78, 5) is 0. The van der Waals surface area contributed by atoms with Gasteiger partial charge >= 0.3 is 0 Å². The molecule has 2 rings (SSSR count). The van der Waals surface area contributed by atoms with Gasteiger partial charge in [0.1, 0.15) is 11.5 Å². The highest BCUT2D eigenvalue weighted by molar-refractivity contribution is 6.32. The number of nitrogens with one attached hydrogen (secondary N) is 1. The summed E-state index contributed by atoms with van der Waals surface area (Å²) in [6.45, 7) is 4.03. The van der Waals surface area contributed by atoms with Crippen molar-refractivity contribution in [2.75, 3.05) is 6.61 Å². The molecule has 0 aliphatic carbocycles. The Kier molecular flexibility index (Phi) is 5.27. The van der Waals surface area contributed by atoms with Crippen molar-refractivity contribution in [1.29, 1.82) is 0 Å². The molecule has 2 aromatic rings. The summed E-state index contributed by atoms with van der Waals surface area (Å²) in [5.41, 5.74) is 2.15. The van der Waals surface area contributed by atoms with E-state index in [0.717, 1.165) is 16.9 Å². The van der Waals surface area contributed by atoms with E-state index in [1.807, 2.05) is 37.3 Å². The van der Waals surface area contributed by atoms with Crippen LogP contribution in [-0.4, -0.2) is 11.7 Å². The van der Waals surface area contributed by atoms with Crippen LogP contribution >= 0.6 is 11.6 Å². The molecule has 2 aromatic carbocycles. The van der Waals surface area contributed by atoms with Crippen LogP contribution in [0.4, 0.5) is 0 Å². The lowest BCUT2D eigenvalue weighted by molar-refractivity contribution is 0.335. The molecule has 0 unspecified atom stereocenters. The molecule has 0 bridgehead atoms. The van der Waals surface area contributed by atoms with Gasteiger partial charge in [-0.15, -0.1) is 0 Å². The molecule has 0 fully saturated rings. The van der Waals surface area contributed by atoms with Gasteiger partial charge in [-0.1, -0.05) is 35.9 Å². The minimum Gasteiger partial charge on any atom is -0.506 e. The standard InChI is InChI=1S/C16H18ClNO2/c1-2-20-16-6-4-3-5-13(16)11-18-10-12-7-8-15(19)14(17)9-12/h3-9,18-19H,2,10-11H2,1H3. The Morgan fingerprint density at radius 2 is 1.95 bits per heavy atom. The van der Waals surface area contributed by atoms with Crippen LogP contribution in [-0.2, 0) is 13.1 Å². The van der Waals surface area contributed by atoms with E-state index in [0.29, 0.717) is 24.7 Å². The van der Waals surface area contributed by atoms with E-state index < -0.39 is 0 Å². The smallest absolute Gasteiger partial charge is 0.134 e. The van der Waals surface area contributed by atoms with Crippen molar-refractivity contribution in [2.24, 2.45) is 0 Å². The van der Waals surface area contributed by atoms with Gasteiger partial charge in [0, 0.05) is 18.7 Å². The highest BCUT2D eigenvalue weighted by Crippen LogP contribution is 2.23. The molecule has 0 heterocycles. The molecule has 2 N–H and O–H groups in total. The molecule has 4 heteroatoms. The Morgan fingerprint density at radius 3 is 2.70 bits per heavy atom. The summed E-state index contributed by atoms with van der Waals surface area (Å²) in [7, 11) is 0. The minimum atomic E-state index is 0.108. The zero-order valence-electron chi connectivity index (χ0n) is 11.4. The second-order valence-electron chi connectivity index (χ2n) is 4.43. The number of para-hydroxylation sites is 1. The van der Waals surface area contributed by atoms with Crippen LogP contribution in [0, 0.1) is 0 Å². The number of phenols is 1. The molecule has 0 aliphatic rings. The molecule has 0 aliphatic heterocycles. The monoisotopic (exact) mass is 291 g/mol. The summed E-state index contributed by atoms with van der Waals surface area (Å²) in [6, 6.07) is 13.2. The van der Waals surface area contributed by atoms with Crippen LogP contribution in [0.3, 0.4) is 0 Å². The summed E-state index contributed by atoms with van der Waals surface area (Å²) in [6.07, 6.45) is 0. The molecule has 0 saturated heterocycles. The predicted octanol–water partition coefficient (Wildman–Crippen LogP) is 3.73. The van der Waals surface area contributed by atoms with Gasteiger partial charge in [-0.25, -0.2) is 0 Å². The fourth-order valence-electron chi connectivity index (χ4n) is 1.95. The van der Waals surface area contributed by atoms with Gasteiger partial charge in [0.05, 0.1) is 11.6 Å². The minimum absolute atomic E-state index is 0.108. The first-order valence-corrected chi connectivity index (χ1v) is 6.97. The molecule has 0 aromatic heterocycles. The molecular weight excluding hydrogens is 274 g/mol. The fourth-order valence-corrected chi connectivity index (χ4v) is 2.15. The lowest BCUT2D eigenvalue weighted by Gasteiger charge is -2.11. The molecule has 0 radical (unpaired) electrons. The third-order valence-corrected chi connectivity index (χ3v) is 3.23. The zero-order valence-corrected chi connectivity index (χ0v) is 12.2. The van der Waals surface area contributed by atoms with E-state index in [1.54, 1.807) is 12.1 Å². The number of aromatic hydroxyl groups is 1. The van der Waals surface area contributed by atoms with Crippen LogP contribution in [0.2, 0.25) is 5.02 Å². The molecule has 0 amide bonds. The first-order chi connectivity index (χ1) is 9.70. The first-order valence-electron chi connectivity index (χ1n) is 6.59. The number of benzene rings is 2. The Labute approximate surface area is 124 Å². The van der Waals surface area contributed by atoms with Gasteiger partial charge in [-0.05, 0) is 30.7 Å². The summed E-state index contributed by atoms with van der Waals surface area (Å²) < 4.78 is 5.58. The van der Waals surface area contributed by atoms with Crippen molar-refractivity contribution < 1.29 is 9.84 Å². The molecule has 0 spiro atoms. The zero-order chi connectivity index (χ0) is 14.4. The maximum absolute atomic E-state index is 9.37. The third kappa shape index (κ3) is 3.89. The third-order valence-electron chi connectivity index (χ3n) is 2.93. The molecular formula is C16H18ClNO2. The molecule has 0 saturated carbocycles. The van der Waals surface area contributed by atoms with E-state index in [4.69, 9.17) is 16.3 Å². The van der Waals surface area contributed by atoms with Gasteiger partial charge in [0.15, 0.2) is 0 Å². The molecule has 3 nitrogen and oxygen atoms in total. The van der Waals surface area contributed by atoms with Crippen molar-refractivity contribution in [2.45, 2.75) is 20.0 Å². The summed E-state index contributed by atoms with van der Waals surface area (Å²) in [5.74, 6) is 1.02. The second-order valence-corrected chi connectivity index (χ2v) is 4.84. The number of ether oxygens (including phenoxy) is 1. The number of halogens is 1. The van der Waals surface area contributed by atoms with Gasteiger partial charge in [0.25, 0.3) is 0 Å². The Morgan fingerprint density at radius 1 is 1.15 bits per heavy atom. The van der Waals surface area contributed by atoms with Crippen LogP contribution < -0.4 is 10.1 Å². The fraction of sp³-hybridized carbons (Fsp3) is 0.250. The van der Waals surface area contributed by atoms with Gasteiger partial charge in [-0.2, -0.15) is 0 Å². The van der Waals surface area contributed by atoms with Crippen LogP contribution in [0.1, 0.15) is 18.1 Å². The highest BCUT2D eigenvalue weighted by Gasteiger charge is 2.03. The maximum Gasteiger partial charge on any atom is 0.134 e. The topological polar surface area (TPSA) is 41.5 Å². The predicted molar refractivity (Wildman–Crippen MR) is 81.3 cm³/mol. The van der Waals surface area contributed by atoms with Crippen LogP contribution in [0.5, 0.6) is 11.5 Å². The van der Waals surface area contributed by atoms with Crippen LogP contribution in [0.15, 0.2) is 42.5 Å². The van der Waals surface area contributed by atoms with E-state index in [1.165, 1.54) is 0 Å². The normalized spacial score (nSPS) is 10.5. The number of phenolic OH excluding ortho intramolecular Hbond substituents is 1. The Balaban J connectivity index is 1.94. The Hall–Kier alpha value is -1.71. The summed E-state index contributed by atoms with van der Waals surface area (Å²) >= 11 is 5.88. The lowest BCUT2D eigenvalue weighted by Crippen LogP contribution is -2.13. The Bertz CT molecular complexity index is 572. The maximum atomic E-state index is 9.37. The quantitative estimate of drug-likeness (QED) is 0.852. The van der Waals surface area contributed by atoms with Crippen LogP contribution in [0.25, 0.3) is 0 Å². The molecule has 20 heavy (non-hydrogen) atoms. The largest absolute Gasteiger partial charge is 0.506 e. The van der Waals surface area contributed by atoms with Gasteiger partial charge < -0.3 is 15.2 Å². The van der Waals surface area contributed by atoms with Crippen molar-refractivity contribution in [3.05, 3.63) is 58.6 Å².